The van der Waals surface area contributed by atoms with Gasteiger partial charge in [0.05, 0.1) is 12.3 Å². The molecule has 2 aromatic rings. The largest absolute Gasteiger partial charge is 0.492 e. The fraction of sp³-hybridized carbons (Fsp3) is 0.400. The third-order valence-electron chi connectivity index (χ3n) is 4.33. The van der Waals surface area contributed by atoms with E-state index in [0.29, 0.717) is 6.61 Å². The summed E-state index contributed by atoms with van der Waals surface area (Å²) in [4.78, 5) is 3.45. The van der Waals surface area contributed by atoms with E-state index in [1.54, 1.807) is 0 Å². The lowest BCUT2D eigenvalue weighted by atomic mass is 10.1. The first-order chi connectivity index (χ1) is 11.1. The highest BCUT2D eigenvalue weighted by Gasteiger charge is 2.13. The van der Waals surface area contributed by atoms with Crippen LogP contribution in [0.1, 0.15) is 47.5 Å². The maximum atomic E-state index is 5.53. The van der Waals surface area contributed by atoms with Crippen LogP contribution in [0, 0.1) is 13.8 Å². The second kappa shape index (κ2) is 8.02. The lowest BCUT2D eigenvalue weighted by Crippen LogP contribution is -2.13. The van der Waals surface area contributed by atoms with Gasteiger partial charge >= 0.3 is 0 Å². The van der Waals surface area contributed by atoms with Gasteiger partial charge in [-0.1, -0.05) is 37.8 Å². The molecule has 23 heavy (non-hydrogen) atoms. The molecule has 0 saturated heterocycles. The lowest BCUT2D eigenvalue weighted by Gasteiger charge is -2.06. The molecule has 1 aromatic heterocycles. The number of hydrogen-bond donors (Lipinski definition) is 2. The van der Waals surface area contributed by atoms with Crippen molar-refractivity contribution >= 4 is 5.76 Å². The van der Waals surface area contributed by atoms with Gasteiger partial charge in [0.2, 0.25) is 0 Å². The summed E-state index contributed by atoms with van der Waals surface area (Å²) in [5.74, 6) is 0.717. The number of hydrogen-bond acceptors (Lipinski definition) is 2. The molecule has 2 rings (SSSR count). The summed E-state index contributed by atoms with van der Waals surface area (Å²) >= 11 is 0. The summed E-state index contributed by atoms with van der Waals surface area (Å²) in [5.41, 5.74) is 7.38. The average Bonchev–Trinajstić information content (AvgIpc) is 2.84. The van der Waals surface area contributed by atoms with E-state index in [-0.39, 0.29) is 0 Å². The van der Waals surface area contributed by atoms with Gasteiger partial charge in [0.25, 0.3) is 0 Å². The lowest BCUT2D eigenvalue weighted by molar-refractivity contribution is 0.297. The molecule has 0 atom stereocenters. The molecule has 3 nitrogen and oxygen atoms in total. The minimum Gasteiger partial charge on any atom is -0.492 e. The second-order valence-corrected chi connectivity index (χ2v) is 5.86. The molecule has 0 unspecified atom stereocenters. The molecule has 1 aromatic carbocycles. The molecule has 0 radical (unpaired) electrons. The molecule has 0 aliphatic heterocycles. The van der Waals surface area contributed by atoms with Crippen molar-refractivity contribution in [2.24, 2.45) is 0 Å². The minimum absolute atomic E-state index is 0.637. The van der Waals surface area contributed by atoms with Crippen LogP contribution in [-0.2, 0) is 24.2 Å². The van der Waals surface area contributed by atoms with E-state index in [4.69, 9.17) is 4.74 Å². The van der Waals surface area contributed by atoms with E-state index in [1.807, 2.05) is 6.92 Å². The number of rotatable bonds is 8. The van der Waals surface area contributed by atoms with Crippen LogP contribution in [0.25, 0.3) is 5.76 Å². The maximum absolute atomic E-state index is 5.53. The van der Waals surface area contributed by atoms with Crippen molar-refractivity contribution in [2.45, 2.75) is 47.2 Å². The van der Waals surface area contributed by atoms with Crippen LogP contribution in [0.4, 0.5) is 0 Å². The Balaban J connectivity index is 1.97. The Kier molecular flexibility index (Phi) is 6.05. The normalized spacial score (nSPS) is 10.8. The van der Waals surface area contributed by atoms with Crippen molar-refractivity contribution in [3.05, 3.63) is 64.5 Å². The predicted molar refractivity (Wildman–Crippen MR) is 97.3 cm³/mol. The van der Waals surface area contributed by atoms with Crippen molar-refractivity contribution in [1.29, 1.82) is 0 Å². The van der Waals surface area contributed by atoms with Crippen molar-refractivity contribution in [2.75, 3.05) is 6.61 Å². The van der Waals surface area contributed by atoms with E-state index < -0.39 is 0 Å². The molecule has 0 amide bonds. The topological polar surface area (TPSA) is 37.0 Å². The molecule has 0 spiro atoms. The molecule has 0 saturated carbocycles. The van der Waals surface area contributed by atoms with E-state index in [2.05, 4.69) is 61.9 Å². The predicted octanol–water partition coefficient (Wildman–Crippen LogP) is 4.49. The van der Waals surface area contributed by atoms with Crippen LogP contribution in [0.2, 0.25) is 0 Å². The molecule has 0 bridgehead atoms. The van der Waals surface area contributed by atoms with Crippen molar-refractivity contribution in [1.82, 2.24) is 10.3 Å². The number of aromatic nitrogens is 1. The van der Waals surface area contributed by atoms with E-state index in [1.165, 1.54) is 27.9 Å². The molecule has 0 fully saturated rings. The molecule has 1 heterocycles. The van der Waals surface area contributed by atoms with Crippen molar-refractivity contribution in [3.63, 3.8) is 0 Å². The summed E-state index contributed by atoms with van der Waals surface area (Å²) in [5, 5.41) is 3.51. The van der Waals surface area contributed by atoms with Crippen LogP contribution in [0.15, 0.2) is 30.8 Å². The van der Waals surface area contributed by atoms with Gasteiger partial charge in [0, 0.05) is 18.8 Å². The molecule has 124 valence electrons. The first-order valence-electron chi connectivity index (χ1n) is 8.35. The molecular formula is C20H28N2O. The fourth-order valence-electron chi connectivity index (χ4n) is 2.68. The quantitative estimate of drug-likeness (QED) is 0.705. The fourth-order valence-corrected chi connectivity index (χ4v) is 2.68. The Morgan fingerprint density at radius 2 is 1.70 bits per heavy atom. The Morgan fingerprint density at radius 3 is 2.30 bits per heavy atom. The number of benzene rings is 1. The smallest absolute Gasteiger partial charge is 0.135 e. The number of nitrogens with one attached hydrogen (secondary N) is 2. The zero-order valence-corrected chi connectivity index (χ0v) is 14.8. The monoisotopic (exact) mass is 312 g/mol. The summed E-state index contributed by atoms with van der Waals surface area (Å²) in [6.45, 7) is 14.7. The van der Waals surface area contributed by atoms with Crippen LogP contribution in [0.5, 0.6) is 0 Å². The highest BCUT2D eigenvalue weighted by molar-refractivity contribution is 5.60. The molecular weight excluding hydrogens is 284 g/mol. The second-order valence-electron chi connectivity index (χ2n) is 5.86. The van der Waals surface area contributed by atoms with Crippen molar-refractivity contribution < 1.29 is 4.74 Å². The Bertz CT molecular complexity index is 653. The summed E-state index contributed by atoms with van der Waals surface area (Å²) in [6.07, 6.45) is 1.08. The van der Waals surface area contributed by atoms with Crippen LogP contribution < -0.4 is 5.32 Å². The zero-order chi connectivity index (χ0) is 16.8. The minimum atomic E-state index is 0.637. The van der Waals surface area contributed by atoms with E-state index in [9.17, 15) is 0 Å². The highest BCUT2D eigenvalue weighted by Crippen LogP contribution is 2.23. The highest BCUT2D eigenvalue weighted by atomic mass is 16.5. The van der Waals surface area contributed by atoms with Gasteiger partial charge in [0.15, 0.2) is 0 Å². The average molecular weight is 312 g/mol. The molecule has 3 heteroatoms. The van der Waals surface area contributed by atoms with Gasteiger partial charge in [-0.15, -0.1) is 0 Å². The third kappa shape index (κ3) is 4.26. The Hall–Kier alpha value is -2.00. The van der Waals surface area contributed by atoms with Gasteiger partial charge in [0.1, 0.15) is 5.76 Å². The van der Waals surface area contributed by atoms with Crippen molar-refractivity contribution in [3.8, 4) is 0 Å². The van der Waals surface area contributed by atoms with Gasteiger partial charge in [-0.05, 0) is 49.4 Å². The molecule has 2 N–H and O–H groups in total. The van der Waals surface area contributed by atoms with Gasteiger partial charge in [-0.3, -0.25) is 0 Å². The standard InChI is InChI=1S/C20H28N2O/c1-6-17-8-10-18(11-9-17)12-21-13-19-14(3)15(4)20(22-19)16(5)23-7-2/h8-11,21-22H,5-7,12-13H2,1-4H3. The third-order valence-corrected chi connectivity index (χ3v) is 4.33. The number of aryl methyl sites for hydroxylation is 1. The van der Waals surface area contributed by atoms with Gasteiger partial charge in [-0.25, -0.2) is 0 Å². The Morgan fingerprint density at radius 1 is 1.04 bits per heavy atom. The van der Waals surface area contributed by atoms with Gasteiger partial charge < -0.3 is 15.0 Å². The van der Waals surface area contributed by atoms with Crippen LogP contribution in [0.3, 0.4) is 0 Å². The molecule has 0 aliphatic rings. The van der Waals surface area contributed by atoms with E-state index >= 15 is 0 Å². The SMILES string of the molecule is C=C(OCC)c1[nH]c(CNCc2ccc(CC)cc2)c(C)c1C. The Labute approximate surface area is 139 Å². The van der Waals surface area contributed by atoms with Crippen LogP contribution in [-0.4, -0.2) is 11.6 Å². The summed E-state index contributed by atoms with van der Waals surface area (Å²) in [6, 6.07) is 8.79. The number of ether oxygens (including phenoxy) is 1. The number of H-pyrrole nitrogens is 1. The first kappa shape index (κ1) is 17.4. The van der Waals surface area contributed by atoms with Crippen LogP contribution >= 0.6 is 0 Å². The van der Waals surface area contributed by atoms with Gasteiger partial charge in [-0.2, -0.15) is 0 Å². The maximum Gasteiger partial charge on any atom is 0.135 e. The van der Waals surface area contributed by atoms with E-state index in [0.717, 1.165) is 31.0 Å². The number of aromatic amines is 1. The summed E-state index contributed by atoms with van der Waals surface area (Å²) < 4.78 is 5.53. The summed E-state index contributed by atoms with van der Waals surface area (Å²) in [7, 11) is 0. The molecule has 0 aliphatic carbocycles. The zero-order valence-electron chi connectivity index (χ0n) is 14.8. The first-order valence-corrected chi connectivity index (χ1v) is 8.35.